The monoisotopic (exact) mass is 282 g/mol. The lowest BCUT2D eigenvalue weighted by molar-refractivity contribution is -0.122. The Morgan fingerprint density at radius 1 is 1.32 bits per heavy atom. The lowest BCUT2D eigenvalue weighted by Gasteiger charge is -2.23. The van der Waals surface area contributed by atoms with E-state index in [1.807, 2.05) is 27.7 Å². The van der Waals surface area contributed by atoms with Crippen molar-refractivity contribution in [1.82, 2.24) is 9.97 Å². The molecule has 2 unspecified atom stereocenters. The molecule has 19 heavy (non-hydrogen) atoms. The van der Waals surface area contributed by atoms with Crippen molar-refractivity contribution in [3.63, 3.8) is 0 Å². The van der Waals surface area contributed by atoms with E-state index < -0.39 is 11.4 Å². The fraction of sp³-hybridized carbons (Fsp3) is 0.615. The number of amides is 1. The summed E-state index contributed by atoms with van der Waals surface area (Å²) in [6.45, 7) is 9.59. The molecule has 0 aromatic carbocycles. The van der Waals surface area contributed by atoms with Gasteiger partial charge in [0, 0.05) is 16.6 Å². The minimum Gasteiger partial charge on any atom is -0.368 e. The highest BCUT2D eigenvalue weighted by atomic mass is 32.2. The Bertz CT molecular complexity index is 465. The molecule has 2 atom stereocenters. The van der Waals surface area contributed by atoms with Gasteiger partial charge in [-0.2, -0.15) is 0 Å². The summed E-state index contributed by atoms with van der Waals surface area (Å²) in [7, 11) is 0. The van der Waals surface area contributed by atoms with E-state index in [4.69, 9.17) is 11.5 Å². The molecule has 4 N–H and O–H groups in total. The van der Waals surface area contributed by atoms with Crippen LogP contribution in [0.3, 0.4) is 0 Å². The molecular formula is C13H22N4OS. The smallest absolute Gasteiger partial charge is 0.237 e. The van der Waals surface area contributed by atoms with Crippen LogP contribution in [0.25, 0.3) is 0 Å². The minimum atomic E-state index is -0.999. The summed E-state index contributed by atoms with van der Waals surface area (Å²) in [4.78, 5) is 20.1. The Hall–Kier alpha value is -1.14. The molecule has 1 aromatic heterocycles. The number of thioether (sulfide) groups is 1. The summed E-state index contributed by atoms with van der Waals surface area (Å²) < 4.78 is 0. The highest BCUT2D eigenvalue weighted by Gasteiger charge is 2.28. The van der Waals surface area contributed by atoms with E-state index in [-0.39, 0.29) is 5.25 Å². The third kappa shape index (κ3) is 4.18. The van der Waals surface area contributed by atoms with Gasteiger partial charge in [0.1, 0.15) is 0 Å². The van der Waals surface area contributed by atoms with E-state index in [1.165, 1.54) is 11.8 Å². The molecule has 5 nitrogen and oxygen atoms in total. The second-order valence-electron chi connectivity index (χ2n) is 5.22. The number of carbonyl (C=O) groups excluding carboxylic acids is 1. The third-order valence-electron chi connectivity index (χ3n) is 3.19. The SMILES string of the molecule is Cc1nc(SC(C)CC(C)(N)C(N)=O)nc(C)c1C. The molecule has 1 rings (SSSR count). The predicted molar refractivity (Wildman–Crippen MR) is 78.0 cm³/mol. The number of aryl methyl sites for hydroxylation is 2. The first-order valence-corrected chi connectivity index (χ1v) is 7.08. The number of primary amides is 1. The van der Waals surface area contributed by atoms with E-state index in [9.17, 15) is 4.79 Å². The molecule has 1 aromatic rings. The van der Waals surface area contributed by atoms with Crippen molar-refractivity contribution in [2.75, 3.05) is 0 Å². The number of rotatable bonds is 5. The molecule has 0 aliphatic rings. The first kappa shape index (κ1) is 15.9. The van der Waals surface area contributed by atoms with Crippen molar-refractivity contribution < 1.29 is 4.79 Å². The molecule has 0 spiro atoms. The number of nitrogens with zero attached hydrogens (tertiary/aromatic N) is 2. The van der Waals surface area contributed by atoms with Crippen LogP contribution in [0.5, 0.6) is 0 Å². The van der Waals surface area contributed by atoms with Crippen LogP contribution in [0, 0.1) is 20.8 Å². The average Bonchev–Trinajstić information content (AvgIpc) is 2.24. The highest BCUT2D eigenvalue weighted by Crippen LogP contribution is 2.26. The van der Waals surface area contributed by atoms with Crippen LogP contribution < -0.4 is 11.5 Å². The van der Waals surface area contributed by atoms with Gasteiger partial charge in [-0.25, -0.2) is 9.97 Å². The second-order valence-corrected chi connectivity index (χ2v) is 6.62. The highest BCUT2D eigenvalue weighted by molar-refractivity contribution is 7.99. The van der Waals surface area contributed by atoms with Crippen LogP contribution in [-0.4, -0.2) is 26.7 Å². The number of hydrogen-bond donors (Lipinski definition) is 2. The van der Waals surface area contributed by atoms with Crippen LogP contribution in [0.4, 0.5) is 0 Å². The third-order valence-corrected chi connectivity index (χ3v) is 4.16. The predicted octanol–water partition coefficient (Wildman–Crippen LogP) is 1.48. The average molecular weight is 282 g/mol. The van der Waals surface area contributed by atoms with Gasteiger partial charge in [-0.05, 0) is 39.7 Å². The van der Waals surface area contributed by atoms with Crippen molar-refractivity contribution in [3.8, 4) is 0 Å². The van der Waals surface area contributed by atoms with Gasteiger partial charge < -0.3 is 11.5 Å². The van der Waals surface area contributed by atoms with Crippen LogP contribution in [0.1, 0.15) is 37.2 Å². The van der Waals surface area contributed by atoms with Gasteiger partial charge in [-0.1, -0.05) is 18.7 Å². The van der Waals surface area contributed by atoms with Crippen LogP contribution >= 0.6 is 11.8 Å². The topological polar surface area (TPSA) is 94.9 Å². The molecule has 1 heterocycles. The van der Waals surface area contributed by atoms with E-state index in [2.05, 4.69) is 9.97 Å². The lowest BCUT2D eigenvalue weighted by Crippen LogP contribution is -2.50. The quantitative estimate of drug-likeness (QED) is 0.630. The van der Waals surface area contributed by atoms with Gasteiger partial charge in [0.15, 0.2) is 5.16 Å². The fourth-order valence-electron chi connectivity index (χ4n) is 1.71. The van der Waals surface area contributed by atoms with Gasteiger partial charge in [-0.15, -0.1) is 0 Å². The van der Waals surface area contributed by atoms with Crippen molar-refractivity contribution in [2.24, 2.45) is 11.5 Å². The largest absolute Gasteiger partial charge is 0.368 e. The molecule has 0 saturated heterocycles. The van der Waals surface area contributed by atoms with Gasteiger partial charge in [0.25, 0.3) is 0 Å². The van der Waals surface area contributed by atoms with E-state index >= 15 is 0 Å². The Kier molecular flexibility index (Phi) is 4.92. The maximum atomic E-state index is 11.2. The second kappa shape index (κ2) is 5.88. The molecule has 0 saturated carbocycles. The molecule has 0 fully saturated rings. The summed E-state index contributed by atoms with van der Waals surface area (Å²) in [5.41, 5.74) is 13.2. The minimum absolute atomic E-state index is 0.115. The van der Waals surface area contributed by atoms with Gasteiger partial charge >= 0.3 is 0 Å². The summed E-state index contributed by atoms with van der Waals surface area (Å²) in [6.07, 6.45) is 0.488. The molecule has 1 amide bonds. The van der Waals surface area contributed by atoms with Crippen molar-refractivity contribution in [2.45, 2.75) is 57.0 Å². The first-order valence-electron chi connectivity index (χ1n) is 6.20. The van der Waals surface area contributed by atoms with E-state index in [0.717, 1.165) is 17.0 Å². The number of hydrogen-bond acceptors (Lipinski definition) is 5. The van der Waals surface area contributed by atoms with E-state index in [1.54, 1.807) is 6.92 Å². The van der Waals surface area contributed by atoms with Crippen LogP contribution in [-0.2, 0) is 4.79 Å². The maximum Gasteiger partial charge on any atom is 0.237 e. The standard InChI is InChI=1S/C13H22N4OS/c1-7(6-13(5,15)11(14)18)19-12-16-9(3)8(2)10(4)17-12/h7H,6,15H2,1-5H3,(H2,14,18). The Morgan fingerprint density at radius 2 is 1.79 bits per heavy atom. The first-order chi connectivity index (χ1) is 8.63. The lowest BCUT2D eigenvalue weighted by atomic mass is 9.97. The van der Waals surface area contributed by atoms with Crippen LogP contribution in [0.15, 0.2) is 5.16 Å². The molecular weight excluding hydrogens is 260 g/mol. The molecule has 0 bridgehead atoms. The summed E-state index contributed by atoms with van der Waals surface area (Å²) >= 11 is 1.51. The summed E-state index contributed by atoms with van der Waals surface area (Å²) in [6, 6.07) is 0. The zero-order chi connectivity index (χ0) is 14.8. The zero-order valence-corrected chi connectivity index (χ0v) is 13.0. The normalized spacial score (nSPS) is 15.9. The van der Waals surface area contributed by atoms with E-state index in [0.29, 0.717) is 11.6 Å². The summed E-state index contributed by atoms with van der Waals surface area (Å²) in [5.74, 6) is -0.489. The number of nitrogens with two attached hydrogens (primary N) is 2. The Morgan fingerprint density at radius 3 is 2.21 bits per heavy atom. The number of carbonyl (C=O) groups is 1. The zero-order valence-electron chi connectivity index (χ0n) is 12.2. The molecule has 106 valence electrons. The maximum absolute atomic E-state index is 11.2. The fourth-order valence-corrected chi connectivity index (χ4v) is 2.88. The molecule has 6 heteroatoms. The Labute approximate surface area is 118 Å². The van der Waals surface area contributed by atoms with Gasteiger partial charge in [0.2, 0.25) is 5.91 Å². The van der Waals surface area contributed by atoms with Crippen molar-refractivity contribution >= 4 is 17.7 Å². The Balaban J connectivity index is 2.78. The molecule has 0 aliphatic carbocycles. The van der Waals surface area contributed by atoms with Crippen molar-refractivity contribution in [1.29, 1.82) is 0 Å². The van der Waals surface area contributed by atoms with Crippen molar-refractivity contribution in [3.05, 3.63) is 17.0 Å². The summed E-state index contributed by atoms with van der Waals surface area (Å²) in [5, 5.41) is 0.831. The number of aromatic nitrogens is 2. The molecule has 0 aliphatic heterocycles. The van der Waals surface area contributed by atoms with Gasteiger partial charge in [0.05, 0.1) is 5.54 Å². The van der Waals surface area contributed by atoms with Gasteiger partial charge in [-0.3, -0.25) is 4.79 Å². The molecule has 0 radical (unpaired) electrons. The van der Waals surface area contributed by atoms with Crippen LogP contribution in [0.2, 0.25) is 0 Å².